The Kier molecular flexibility index (Phi) is 4.80. The van der Waals surface area contributed by atoms with Crippen LogP contribution in [0.25, 0.3) is 0 Å². The first kappa shape index (κ1) is 14.7. The van der Waals surface area contributed by atoms with Gasteiger partial charge in [-0.05, 0) is 26.3 Å². The molecule has 106 valence electrons. The lowest BCUT2D eigenvalue weighted by Crippen LogP contribution is -2.11. The van der Waals surface area contributed by atoms with Gasteiger partial charge in [-0.1, -0.05) is 30.3 Å². The van der Waals surface area contributed by atoms with Gasteiger partial charge in [0.2, 0.25) is 0 Å². The van der Waals surface area contributed by atoms with Crippen LogP contribution in [0.15, 0.2) is 30.3 Å². The monoisotopic (exact) mass is 283 g/mol. The van der Waals surface area contributed by atoms with Gasteiger partial charge in [0.05, 0.1) is 13.2 Å². The summed E-state index contributed by atoms with van der Waals surface area (Å²) in [5, 5.41) is 0. The van der Waals surface area contributed by atoms with Crippen LogP contribution >= 0.6 is 7.60 Å². The number of nitrogens with zero attached hydrogens (tertiary/aromatic N) is 1. The Morgan fingerprint density at radius 3 is 2.37 bits per heavy atom. The van der Waals surface area contributed by atoms with Crippen molar-refractivity contribution in [3.63, 3.8) is 0 Å². The summed E-state index contributed by atoms with van der Waals surface area (Å²) >= 11 is 0. The van der Waals surface area contributed by atoms with Gasteiger partial charge in [-0.3, -0.25) is 9.46 Å². The second-order valence-corrected chi connectivity index (χ2v) is 6.83. The van der Waals surface area contributed by atoms with Crippen LogP contribution in [-0.4, -0.2) is 30.4 Å². The molecule has 1 aromatic carbocycles. The zero-order valence-electron chi connectivity index (χ0n) is 11.8. The zero-order chi connectivity index (χ0) is 13.9. The van der Waals surface area contributed by atoms with Crippen LogP contribution in [0.1, 0.15) is 32.4 Å². The molecule has 1 unspecified atom stereocenters. The second kappa shape index (κ2) is 6.19. The molecule has 0 N–H and O–H groups in total. The van der Waals surface area contributed by atoms with Crippen molar-refractivity contribution in [1.82, 2.24) is 4.90 Å². The maximum Gasteiger partial charge on any atom is 0.348 e. The first-order chi connectivity index (χ1) is 9.12. The third kappa shape index (κ3) is 3.26. The van der Waals surface area contributed by atoms with Crippen LogP contribution in [-0.2, 0) is 13.6 Å². The summed E-state index contributed by atoms with van der Waals surface area (Å²) in [5.41, 5.74) is 1.23. The summed E-state index contributed by atoms with van der Waals surface area (Å²) < 4.78 is 23.4. The van der Waals surface area contributed by atoms with Gasteiger partial charge in [-0.25, -0.2) is 0 Å². The van der Waals surface area contributed by atoms with Crippen LogP contribution in [0.2, 0.25) is 0 Å². The summed E-state index contributed by atoms with van der Waals surface area (Å²) in [5.74, 6) is -0.0948. The van der Waals surface area contributed by atoms with E-state index in [2.05, 4.69) is 24.0 Å². The number of hydrogen-bond acceptors (Lipinski definition) is 4. The molecule has 1 aliphatic heterocycles. The molecule has 2 rings (SSSR count). The minimum Gasteiger partial charge on any atom is -0.308 e. The molecule has 3 atom stereocenters. The molecule has 0 saturated carbocycles. The summed E-state index contributed by atoms with van der Waals surface area (Å²) in [6.45, 7) is 7.42. The van der Waals surface area contributed by atoms with Crippen LogP contribution in [0.3, 0.4) is 0 Å². The average molecular weight is 283 g/mol. The molecule has 4 nitrogen and oxygen atoms in total. The van der Waals surface area contributed by atoms with Crippen molar-refractivity contribution < 1.29 is 13.6 Å². The molecule has 1 heterocycles. The Labute approximate surface area is 115 Å². The first-order valence-electron chi connectivity index (χ1n) is 6.82. The molecule has 19 heavy (non-hydrogen) atoms. The molecule has 1 saturated heterocycles. The summed E-state index contributed by atoms with van der Waals surface area (Å²) in [7, 11) is -2.98. The van der Waals surface area contributed by atoms with Crippen molar-refractivity contribution in [3.05, 3.63) is 35.9 Å². The van der Waals surface area contributed by atoms with Crippen molar-refractivity contribution in [2.24, 2.45) is 0 Å². The van der Waals surface area contributed by atoms with Gasteiger partial charge in [0.15, 0.2) is 0 Å². The number of rotatable bonds is 7. The molecule has 5 heteroatoms. The van der Waals surface area contributed by atoms with E-state index in [1.54, 1.807) is 0 Å². The highest BCUT2D eigenvalue weighted by atomic mass is 31.2. The summed E-state index contributed by atoms with van der Waals surface area (Å²) in [4.78, 5) is 2.17. The molecule has 0 amide bonds. The largest absolute Gasteiger partial charge is 0.348 e. The Bertz CT molecular complexity index is 441. The Balaban J connectivity index is 2.05. The van der Waals surface area contributed by atoms with Crippen molar-refractivity contribution in [3.8, 4) is 0 Å². The van der Waals surface area contributed by atoms with E-state index in [0.29, 0.717) is 13.2 Å². The van der Waals surface area contributed by atoms with Gasteiger partial charge in [0, 0.05) is 12.6 Å². The quantitative estimate of drug-likeness (QED) is 0.565. The van der Waals surface area contributed by atoms with Crippen molar-refractivity contribution >= 4 is 7.60 Å². The predicted molar refractivity (Wildman–Crippen MR) is 76.2 cm³/mol. The van der Waals surface area contributed by atoms with E-state index in [-0.39, 0.29) is 11.8 Å². The van der Waals surface area contributed by atoms with Crippen LogP contribution < -0.4 is 0 Å². The molecule has 0 radical (unpaired) electrons. The third-order valence-electron chi connectivity index (χ3n) is 3.39. The number of benzene rings is 1. The molecule has 0 aliphatic carbocycles. The van der Waals surface area contributed by atoms with E-state index in [1.807, 2.05) is 32.0 Å². The molecule has 1 aromatic rings. The lowest BCUT2D eigenvalue weighted by molar-refractivity contribution is 0.212. The average Bonchev–Trinajstić information content (AvgIpc) is 3.20. The maximum absolute atomic E-state index is 12.6. The van der Waals surface area contributed by atoms with E-state index in [4.69, 9.17) is 9.05 Å². The van der Waals surface area contributed by atoms with E-state index in [0.717, 1.165) is 6.54 Å². The molecular formula is C14H22NO3P. The van der Waals surface area contributed by atoms with Gasteiger partial charge in [-0.15, -0.1) is 0 Å². The molecule has 1 aliphatic rings. The normalized spacial score (nSPS) is 24.2. The van der Waals surface area contributed by atoms with E-state index in [1.165, 1.54) is 5.56 Å². The van der Waals surface area contributed by atoms with E-state index < -0.39 is 7.60 Å². The van der Waals surface area contributed by atoms with Gasteiger partial charge >= 0.3 is 7.60 Å². The third-order valence-corrected chi connectivity index (χ3v) is 5.81. The van der Waals surface area contributed by atoms with Gasteiger partial charge in [-0.2, -0.15) is 0 Å². The minimum atomic E-state index is -2.98. The smallest absolute Gasteiger partial charge is 0.308 e. The molecule has 0 spiro atoms. The molecule has 0 bridgehead atoms. The standard InChI is InChI=1S/C14H22NO3P/c1-4-17-19(16,18-5-2)14-11-15(14)12(3)13-9-7-6-8-10-13/h6-10,12,14H,4-5,11H2,1-3H3/t12-,14+,15?/m1/s1. The molecular weight excluding hydrogens is 261 g/mol. The van der Waals surface area contributed by atoms with Gasteiger partial charge in [0.1, 0.15) is 5.78 Å². The fourth-order valence-corrected chi connectivity index (χ4v) is 4.42. The highest BCUT2D eigenvalue weighted by Crippen LogP contribution is 2.61. The van der Waals surface area contributed by atoms with Gasteiger partial charge in [0.25, 0.3) is 0 Å². The summed E-state index contributed by atoms with van der Waals surface area (Å²) in [6.07, 6.45) is 0. The van der Waals surface area contributed by atoms with Gasteiger partial charge < -0.3 is 9.05 Å². The Morgan fingerprint density at radius 1 is 1.26 bits per heavy atom. The lowest BCUT2D eigenvalue weighted by atomic mass is 10.1. The van der Waals surface area contributed by atoms with E-state index >= 15 is 0 Å². The Hall–Kier alpha value is -0.670. The topological polar surface area (TPSA) is 38.5 Å². The Morgan fingerprint density at radius 2 is 1.84 bits per heavy atom. The van der Waals surface area contributed by atoms with Crippen molar-refractivity contribution in [1.29, 1.82) is 0 Å². The minimum absolute atomic E-state index is 0.0948. The van der Waals surface area contributed by atoms with E-state index in [9.17, 15) is 4.57 Å². The zero-order valence-corrected chi connectivity index (χ0v) is 12.7. The summed E-state index contributed by atoms with van der Waals surface area (Å²) in [6, 6.07) is 10.5. The van der Waals surface area contributed by atoms with Crippen LogP contribution in [0.4, 0.5) is 0 Å². The van der Waals surface area contributed by atoms with Crippen molar-refractivity contribution in [2.75, 3.05) is 19.8 Å². The predicted octanol–water partition coefficient (Wildman–Crippen LogP) is 3.66. The van der Waals surface area contributed by atoms with Crippen LogP contribution in [0.5, 0.6) is 0 Å². The highest BCUT2D eigenvalue weighted by molar-refractivity contribution is 7.55. The lowest BCUT2D eigenvalue weighted by Gasteiger charge is -2.20. The fourth-order valence-electron chi connectivity index (χ4n) is 2.33. The number of hydrogen-bond donors (Lipinski definition) is 0. The van der Waals surface area contributed by atoms with Crippen LogP contribution in [0, 0.1) is 0 Å². The molecule has 1 fully saturated rings. The molecule has 0 aromatic heterocycles. The SMILES string of the molecule is CCOP(=O)(OCC)[C@H]1CN1[C@H](C)c1ccccc1. The van der Waals surface area contributed by atoms with Crippen molar-refractivity contribution in [2.45, 2.75) is 32.6 Å². The first-order valence-corrected chi connectivity index (χ1v) is 8.43. The highest BCUT2D eigenvalue weighted by Gasteiger charge is 2.53. The fraction of sp³-hybridized carbons (Fsp3) is 0.571. The second-order valence-electron chi connectivity index (χ2n) is 4.64. The maximum atomic E-state index is 12.6.